The summed E-state index contributed by atoms with van der Waals surface area (Å²) in [6, 6.07) is 9.19. The summed E-state index contributed by atoms with van der Waals surface area (Å²) < 4.78 is 5.34. The van der Waals surface area contributed by atoms with E-state index >= 15 is 0 Å². The zero-order valence-corrected chi connectivity index (χ0v) is 8.52. The summed E-state index contributed by atoms with van der Waals surface area (Å²) >= 11 is 1.41. The molecule has 4 nitrogen and oxygen atoms in total. The average Bonchev–Trinajstić information content (AvgIpc) is 2.68. The second-order valence-corrected chi connectivity index (χ2v) is 3.70. The third kappa shape index (κ3) is 2.60. The lowest BCUT2D eigenvalue weighted by Gasteiger charge is -1.94. The molecule has 0 amide bonds. The van der Waals surface area contributed by atoms with Crippen LogP contribution in [0.1, 0.15) is 5.76 Å². The van der Waals surface area contributed by atoms with Crippen molar-refractivity contribution in [3.63, 3.8) is 0 Å². The number of furan rings is 1. The molecule has 0 saturated carbocycles. The van der Waals surface area contributed by atoms with E-state index in [9.17, 15) is 0 Å². The van der Waals surface area contributed by atoms with Gasteiger partial charge in [0.2, 0.25) is 0 Å². The predicted octanol–water partition coefficient (Wildman–Crippen LogP) is 2.63. The van der Waals surface area contributed by atoms with Crippen LogP contribution in [-0.4, -0.2) is 16.4 Å². The van der Waals surface area contributed by atoms with Gasteiger partial charge in [-0.3, -0.25) is 0 Å². The SMILES string of the molecule is O/N=C/c1ccc(Sc2ccccn2)o1. The van der Waals surface area contributed by atoms with Crippen LogP contribution in [0.25, 0.3) is 0 Å². The van der Waals surface area contributed by atoms with Gasteiger partial charge in [-0.15, -0.1) is 0 Å². The zero-order chi connectivity index (χ0) is 10.5. The molecule has 0 fully saturated rings. The number of hydrogen-bond donors (Lipinski definition) is 1. The molecule has 2 aromatic rings. The van der Waals surface area contributed by atoms with Gasteiger partial charge in [-0.05, 0) is 36.0 Å². The van der Waals surface area contributed by atoms with Crippen LogP contribution in [0, 0.1) is 0 Å². The second kappa shape index (κ2) is 4.65. The molecule has 76 valence electrons. The Balaban J connectivity index is 2.11. The van der Waals surface area contributed by atoms with Crippen molar-refractivity contribution in [2.75, 3.05) is 0 Å². The van der Waals surface area contributed by atoms with Crippen molar-refractivity contribution in [3.05, 3.63) is 42.3 Å². The van der Waals surface area contributed by atoms with Crippen molar-refractivity contribution in [1.29, 1.82) is 0 Å². The summed E-state index contributed by atoms with van der Waals surface area (Å²) in [6.07, 6.45) is 2.96. The number of oxime groups is 1. The van der Waals surface area contributed by atoms with Crippen molar-refractivity contribution >= 4 is 18.0 Å². The molecular weight excluding hydrogens is 212 g/mol. The highest BCUT2D eigenvalue weighted by Crippen LogP contribution is 2.26. The molecule has 0 unspecified atom stereocenters. The molecule has 15 heavy (non-hydrogen) atoms. The minimum absolute atomic E-state index is 0.510. The van der Waals surface area contributed by atoms with Crippen LogP contribution in [0.5, 0.6) is 0 Å². The minimum Gasteiger partial charge on any atom is -0.448 e. The van der Waals surface area contributed by atoms with Crippen molar-refractivity contribution in [1.82, 2.24) is 4.98 Å². The Labute approximate surface area is 90.6 Å². The lowest BCUT2D eigenvalue weighted by Crippen LogP contribution is -1.75. The van der Waals surface area contributed by atoms with Crippen LogP contribution in [0.4, 0.5) is 0 Å². The molecule has 0 spiro atoms. The van der Waals surface area contributed by atoms with Crippen LogP contribution < -0.4 is 0 Å². The van der Waals surface area contributed by atoms with Gasteiger partial charge in [0.15, 0.2) is 5.09 Å². The van der Waals surface area contributed by atoms with Gasteiger partial charge in [-0.2, -0.15) is 0 Å². The van der Waals surface area contributed by atoms with E-state index in [1.807, 2.05) is 18.2 Å². The Morgan fingerprint density at radius 2 is 2.27 bits per heavy atom. The van der Waals surface area contributed by atoms with Gasteiger partial charge in [0.25, 0.3) is 0 Å². The van der Waals surface area contributed by atoms with Crippen molar-refractivity contribution in [3.8, 4) is 0 Å². The van der Waals surface area contributed by atoms with Gasteiger partial charge in [-0.1, -0.05) is 11.2 Å². The molecule has 0 bridgehead atoms. The summed E-state index contributed by atoms with van der Waals surface area (Å²) in [4.78, 5) is 4.15. The average molecular weight is 220 g/mol. The monoisotopic (exact) mass is 220 g/mol. The van der Waals surface area contributed by atoms with Gasteiger partial charge >= 0.3 is 0 Å². The minimum atomic E-state index is 0.510. The summed E-state index contributed by atoms with van der Waals surface area (Å²) in [5, 5.41) is 12.8. The highest BCUT2D eigenvalue weighted by Gasteiger charge is 2.02. The van der Waals surface area contributed by atoms with Crippen LogP contribution in [-0.2, 0) is 0 Å². The normalized spacial score (nSPS) is 10.9. The van der Waals surface area contributed by atoms with Crippen molar-refractivity contribution in [2.24, 2.45) is 5.16 Å². The molecule has 1 N–H and O–H groups in total. The van der Waals surface area contributed by atoms with Gasteiger partial charge in [-0.25, -0.2) is 4.98 Å². The standard InChI is InChI=1S/C10H8N2O2S/c13-12-7-8-4-5-10(14-8)15-9-3-1-2-6-11-9/h1-7,13H/b12-7+. The highest BCUT2D eigenvalue weighted by atomic mass is 32.2. The molecule has 0 aliphatic heterocycles. The van der Waals surface area contributed by atoms with Crippen LogP contribution in [0.3, 0.4) is 0 Å². The molecule has 2 aromatic heterocycles. The number of pyridine rings is 1. The maximum atomic E-state index is 8.31. The number of hydrogen-bond acceptors (Lipinski definition) is 5. The Morgan fingerprint density at radius 1 is 1.33 bits per heavy atom. The van der Waals surface area contributed by atoms with Gasteiger partial charge < -0.3 is 9.62 Å². The van der Waals surface area contributed by atoms with Gasteiger partial charge in [0.05, 0.1) is 0 Å². The predicted molar refractivity (Wildman–Crippen MR) is 56.4 cm³/mol. The highest BCUT2D eigenvalue weighted by molar-refractivity contribution is 7.99. The smallest absolute Gasteiger partial charge is 0.167 e. The van der Waals surface area contributed by atoms with Crippen LogP contribution in [0.15, 0.2) is 56.2 Å². The number of nitrogens with zero attached hydrogens (tertiary/aromatic N) is 2. The van der Waals surface area contributed by atoms with Crippen LogP contribution in [0.2, 0.25) is 0 Å². The fourth-order valence-corrected chi connectivity index (χ4v) is 1.77. The Hall–Kier alpha value is -1.75. The molecule has 0 radical (unpaired) electrons. The first-order chi connectivity index (χ1) is 7.38. The van der Waals surface area contributed by atoms with E-state index in [2.05, 4.69) is 10.1 Å². The molecular formula is C10H8N2O2S. The maximum absolute atomic E-state index is 8.31. The molecule has 5 heteroatoms. The van der Waals surface area contributed by atoms with Crippen molar-refractivity contribution in [2.45, 2.75) is 10.1 Å². The van der Waals surface area contributed by atoms with E-state index in [0.29, 0.717) is 10.9 Å². The summed E-state index contributed by atoms with van der Waals surface area (Å²) in [7, 11) is 0. The largest absolute Gasteiger partial charge is 0.448 e. The number of aromatic nitrogens is 1. The summed E-state index contributed by atoms with van der Waals surface area (Å²) in [5.74, 6) is 0.510. The van der Waals surface area contributed by atoms with E-state index in [0.717, 1.165) is 5.03 Å². The fraction of sp³-hybridized carbons (Fsp3) is 0. The molecule has 0 saturated heterocycles. The molecule has 2 rings (SSSR count). The summed E-state index contributed by atoms with van der Waals surface area (Å²) in [5.41, 5.74) is 0. The lowest BCUT2D eigenvalue weighted by molar-refractivity contribution is 0.320. The molecule has 0 aliphatic rings. The molecule has 0 atom stereocenters. The topological polar surface area (TPSA) is 58.6 Å². The third-order valence-corrected chi connectivity index (χ3v) is 2.50. The maximum Gasteiger partial charge on any atom is 0.167 e. The van der Waals surface area contributed by atoms with Gasteiger partial charge in [0, 0.05) is 6.20 Å². The lowest BCUT2D eigenvalue weighted by atomic mass is 10.5. The Kier molecular flexibility index (Phi) is 3.04. The summed E-state index contributed by atoms with van der Waals surface area (Å²) in [6.45, 7) is 0. The van der Waals surface area contributed by atoms with Crippen LogP contribution >= 0.6 is 11.8 Å². The van der Waals surface area contributed by atoms with Crippen molar-refractivity contribution < 1.29 is 9.62 Å². The first-order valence-corrected chi connectivity index (χ1v) is 5.06. The fourth-order valence-electron chi connectivity index (χ4n) is 1.03. The molecule has 2 heterocycles. The first-order valence-electron chi connectivity index (χ1n) is 4.24. The van der Waals surface area contributed by atoms with E-state index in [1.54, 1.807) is 18.3 Å². The quantitative estimate of drug-likeness (QED) is 0.490. The molecule has 0 aromatic carbocycles. The van der Waals surface area contributed by atoms with E-state index in [1.165, 1.54) is 18.0 Å². The second-order valence-electron chi connectivity index (χ2n) is 2.67. The van der Waals surface area contributed by atoms with Gasteiger partial charge in [0.1, 0.15) is 17.0 Å². The Bertz CT molecular complexity index is 453. The van der Waals surface area contributed by atoms with E-state index < -0.39 is 0 Å². The zero-order valence-electron chi connectivity index (χ0n) is 7.70. The van der Waals surface area contributed by atoms with E-state index in [-0.39, 0.29) is 0 Å². The van der Waals surface area contributed by atoms with E-state index in [4.69, 9.17) is 9.62 Å². The Morgan fingerprint density at radius 3 is 3.00 bits per heavy atom. The first kappa shape index (κ1) is 9.79. The number of rotatable bonds is 3. The third-order valence-electron chi connectivity index (χ3n) is 1.63. The molecule has 0 aliphatic carbocycles.